The predicted octanol–water partition coefficient (Wildman–Crippen LogP) is 1.31. The van der Waals surface area contributed by atoms with Crippen LogP contribution in [-0.4, -0.2) is 20.4 Å². The number of rotatable bonds is 0. The second-order valence-corrected chi connectivity index (χ2v) is 4.76. The number of hydrogen-bond acceptors (Lipinski definition) is 8. The molecule has 0 bridgehead atoms. The minimum Gasteiger partial charge on any atom is -0.507 e. The lowest BCUT2D eigenvalue weighted by Crippen LogP contribution is -2.05. The van der Waals surface area contributed by atoms with Gasteiger partial charge in [0, 0.05) is 12.1 Å². The summed E-state index contributed by atoms with van der Waals surface area (Å²) in [4.78, 5) is 23.8. The van der Waals surface area contributed by atoms with Crippen LogP contribution in [0.15, 0.2) is 30.6 Å². The fraction of sp³-hybridized carbons (Fsp3) is 0. The summed E-state index contributed by atoms with van der Waals surface area (Å²) in [7, 11) is 0. The zero-order chi connectivity index (χ0) is 15.8. The summed E-state index contributed by atoms with van der Waals surface area (Å²) in [6.45, 7) is 0. The number of phenols is 2. The van der Waals surface area contributed by atoms with Gasteiger partial charge < -0.3 is 29.3 Å². The van der Waals surface area contributed by atoms with Crippen LogP contribution in [0, 0.1) is 0 Å². The summed E-state index contributed by atoms with van der Waals surface area (Å²) in [6.07, 6.45) is 0. The minimum atomic E-state index is -0.792. The molecular weight excluding hydrogens is 296 g/mol. The molecule has 2 heterocycles. The molecule has 110 valence electrons. The molecule has 4 rings (SSSR count). The molecule has 0 unspecified atom stereocenters. The first-order chi connectivity index (χ1) is 10.4. The molecule has 4 N–H and O–H groups in total. The SMILES string of the molecule is O=c1cc(O)c2c(O)oc3c(=O)cc(O)c4c(O)oc1c2c43. The highest BCUT2D eigenvalue weighted by atomic mass is 16.5. The van der Waals surface area contributed by atoms with E-state index < -0.39 is 34.2 Å². The van der Waals surface area contributed by atoms with Gasteiger partial charge in [-0.15, -0.1) is 0 Å². The van der Waals surface area contributed by atoms with E-state index in [0.717, 1.165) is 12.1 Å². The van der Waals surface area contributed by atoms with E-state index in [1.54, 1.807) is 0 Å². The van der Waals surface area contributed by atoms with Gasteiger partial charge in [-0.25, -0.2) is 0 Å². The molecule has 0 amide bonds. The van der Waals surface area contributed by atoms with Crippen LogP contribution in [0.1, 0.15) is 0 Å². The Morgan fingerprint density at radius 3 is 1.36 bits per heavy atom. The summed E-state index contributed by atoms with van der Waals surface area (Å²) in [5.74, 6) is -2.75. The zero-order valence-electron chi connectivity index (χ0n) is 10.6. The molecule has 0 fully saturated rings. The quantitative estimate of drug-likeness (QED) is 0.356. The highest BCUT2D eigenvalue weighted by Crippen LogP contribution is 2.45. The van der Waals surface area contributed by atoms with Crippen molar-refractivity contribution in [2.24, 2.45) is 0 Å². The van der Waals surface area contributed by atoms with E-state index in [-0.39, 0.29) is 32.7 Å². The fourth-order valence-corrected chi connectivity index (χ4v) is 2.66. The Labute approximate surface area is 119 Å². The van der Waals surface area contributed by atoms with E-state index in [4.69, 9.17) is 8.83 Å². The molecule has 4 aromatic rings. The molecular formula is C14H6O8. The zero-order valence-corrected chi connectivity index (χ0v) is 10.6. The maximum absolute atomic E-state index is 11.9. The Morgan fingerprint density at radius 2 is 1.00 bits per heavy atom. The van der Waals surface area contributed by atoms with Gasteiger partial charge in [0.2, 0.25) is 10.9 Å². The van der Waals surface area contributed by atoms with Crippen molar-refractivity contribution in [3.8, 4) is 23.4 Å². The van der Waals surface area contributed by atoms with Crippen LogP contribution >= 0.6 is 0 Å². The molecule has 0 spiro atoms. The smallest absolute Gasteiger partial charge is 0.294 e. The molecule has 2 aromatic carbocycles. The average Bonchev–Trinajstić information content (AvgIpc) is 2.43. The molecule has 0 radical (unpaired) electrons. The van der Waals surface area contributed by atoms with E-state index in [1.165, 1.54) is 0 Å². The topological polar surface area (TPSA) is 141 Å². The molecule has 8 heteroatoms. The molecule has 2 aromatic heterocycles. The Balaban J connectivity index is 2.59. The van der Waals surface area contributed by atoms with E-state index >= 15 is 0 Å². The van der Waals surface area contributed by atoms with Gasteiger partial charge in [0.05, 0.1) is 10.8 Å². The van der Waals surface area contributed by atoms with Crippen LogP contribution in [0.5, 0.6) is 23.4 Å². The number of phenolic OH excluding ortho intramolecular Hbond substituents is 2. The largest absolute Gasteiger partial charge is 0.507 e. The van der Waals surface area contributed by atoms with Crippen molar-refractivity contribution in [3.63, 3.8) is 0 Å². The normalized spacial score (nSPS) is 11.8. The molecule has 0 aliphatic heterocycles. The van der Waals surface area contributed by atoms with Crippen molar-refractivity contribution in [2.75, 3.05) is 0 Å². The van der Waals surface area contributed by atoms with Gasteiger partial charge in [0.25, 0.3) is 11.9 Å². The van der Waals surface area contributed by atoms with Crippen molar-refractivity contribution in [1.29, 1.82) is 0 Å². The van der Waals surface area contributed by atoms with Crippen molar-refractivity contribution in [2.45, 2.75) is 0 Å². The van der Waals surface area contributed by atoms with E-state index in [0.29, 0.717) is 0 Å². The van der Waals surface area contributed by atoms with Gasteiger partial charge in [0.15, 0.2) is 11.2 Å². The van der Waals surface area contributed by atoms with Gasteiger partial charge >= 0.3 is 0 Å². The Bertz CT molecular complexity index is 1100. The van der Waals surface area contributed by atoms with Gasteiger partial charge in [-0.1, -0.05) is 0 Å². The molecule has 0 saturated heterocycles. The first-order valence-electron chi connectivity index (χ1n) is 6.02. The second kappa shape index (κ2) is 3.61. The first kappa shape index (κ1) is 12.3. The summed E-state index contributed by atoms with van der Waals surface area (Å²) in [5, 5.41) is 38.7. The maximum atomic E-state index is 11.9. The lowest BCUT2D eigenvalue weighted by Gasteiger charge is -2.11. The van der Waals surface area contributed by atoms with Crippen LogP contribution < -0.4 is 10.9 Å². The fourth-order valence-electron chi connectivity index (χ4n) is 2.66. The molecule has 0 saturated carbocycles. The van der Waals surface area contributed by atoms with Gasteiger partial charge in [-0.2, -0.15) is 0 Å². The molecule has 22 heavy (non-hydrogen) atoms. The third kappa shape index (κ3) is 1.26. The lowest BCUT2D eigenvalue weighted by atomic mass is 10.0. The highest BCUT2D eigenvalue weighted by Gasteiger charge is 2.26. The van der Waals surface area contributed by atoms with Crippen LogP contribution in [0.25, 0.3) is 32.7 Å². The lowest BCUT2D eigenvalue weighted by molar-refractivity contribution is 0.338. The first-order valence-corrected chi connectivity index (χ1v) is 6.02. The van der Waals surface area contributed by atoms with Gasteiger partial charge in [-0.05, 0) is 0 Å². The highest BCUT2D eigenvalue weighted by molar-refractivity contribution is 6.23. The van der Waals surface area contributed by atoms with E-state index in [2.05, 4.69) is 0 Å². The molecule has 0 aliphatic rings. The van der Waals surface area contributed by atoms with Crippen LogP contribution in [0.3, 0.4) is 0 Å². The Kier molecular flexibility index (Phi) is 2.02. The summed E-state index contributed by atoms with van der Waals surface area (Å²) in [6, 6.07) is 1.55. The standard InChI is InChI=1S/C14H6O8/c15-3-1-5(17)11-9-7(3)13(19)22-12-6(18)2-4(16)8(10(9)12)14(20)21-11/h1-2,15-16,19-20H. The van der Waals surface area contributed by atoms with Crippen molar-refractivity contribution < 1.29 is 29.3 Å². The molecule has 8 nitrogen and oxygen atoms in total. The van der Waals surface area contributed by atoms with Gasteiger partial charge in [-0.3, -0.25) is 9.59 Å². The number of aromatic hydroxyl groups is 4. The monoisotopic (exact) mass is 302 g/mol. The summed E-state index contributed by atoms with van der Waals surface area (Å²) >= 11 is 0. The molecule has 0 atom stereocenters. The Hall–Kier alpha value is -3.42. The summed E-state index contributed by atoms with van der Waals surface area (Å²) < 4.78 is 9.98. The van der Waals surface area contributed by atoms with Gasteiger partial charge in [0.1, 0.15) is 22.3 Å². The summed E-state index contributed by atoms with van der Waals surface area (Å²) in [5.41, 5.74) is -2.33. The maximum Gasteiger partial charge on any atom is 0.294 e. The average molecular weight is 302 g/mol. The third-order valence-corrected chi connectivity index (χ3v) is 3.52. The number of hydrogen-bond donors (Lipinski definition) is 4. The minimum absolute atomic E-state index is 0.121. The van der Waals surface area contributed by atoms with E-state index in [1.807, 2.05) is 0 Å². The molecule has 0 aliphatic carbocycles. The van der Waals surface area contributed by atoms with Crippen molar-refractivity contribution >= 4 is 32.7 Å². The van der Waals surface area contributed by atoms with Crippen LogP contribution in [-0.2, 0) is 0 Å². The van der Waals surface area contributed by atoms with Crippen molar-refractivity contribution in [1.82, 2.24) is 0 Å². The van der Waals surface area contributed by atoms with Crippen LogP contribution in [0.2, 0.25) is 0 Å². The number of benzene rings is 2. The Morgan fingerprint density at radius 1 is 0.636 bits per heavy atom. The van der Waals surface area contributed by atoms with E-state index in [9.17, 15) is 30.0 Å². The van der Waals surface area contributed by atoms with Crippen molar-refractivity contribution in [3.05, 3.63) is 32.6 Å². The predicted molar refractivity (Wildman–Crippen MR) is 73.9 cm³/mol. The third-order valence-electron chi connectivity index (χ3n) is 3.52. The van der Waals surface area contributed by atoms with Crippen LogP contribution in [0.4, 0.5) is 0 Å². The second-order valence-electron chi connectivity index (χ2n) is 4.76.